The van der Waals surface area contributed by atoms with E-state index in [0.717, 1.165) is 10.8 Å². The summed E-state index contributed by atoms with van der Waals surface area (Å²) in [7, 11) is 0. The summed E-state index contributed by atoms with van der Waals surface area (Å²) in [6, 6.07) is 0. The highest BCUT2D eigenvalue weighted by atomic mass is 19.1. The molecule has 0 saturated carbocycles. The van der Waals surface area contributed by atoms with Crippen molar-refractivity contribution in [1.82, 2.24) is 9.55 Å². The molecule has 2 rings (SSSR count). The smallest absolute Gasteiger partial charge is 0.330 e. The molecule has 0 unspecified atom stereocenters. The van der Waals surface area contributed by atoms with Crippen molar-refractivity contribution < 1.29 is 14.2 Å². The molecule has 4 atom stereocenters. The lowest BCUT2D eigenvalue weighted by Gasteiger charge is -2.27. The third-order valence-corrected chi connectivity index (χ3v) is 4.01. The molecule has 2 N–H and O–H groups in total. The van der Waals surface area contributed by atoms with E-state index in [1.807, 2.05) is 11.9 Å². The Morgan fingerprint density at radius 2 is 2.30 bits per heavy atom. The molecule has 1 aliphatic heterocycles. The Kier molecular flexibility index (Phi) is 3.66. The fraction of sp³-hybridized carbons (Fsp3) is 0.538. The second kappa shape index (κ2) is 4.99. The molecular formula is C13H17FN2O4. The second-order valence-corrected chi connectivity index (χ2v) is 4.94. The first-order valence-electron chi connectivity index (χ1n) is 6.36. The van der Waals surface area contributed by atoms with E-state index < -0.39 is 35.0 Å². The van der Waals surface area contributed by atoms with Crippen LogP contribution in [0.3, 0.4) is 0 Å². The van der Waals surface area contributed by atoms with Crippen molar-refractivity contribution in [3.8, 4) is 0 Å². The SMILES string of the molecule is C=C[C@]1(CC)O[C@@H](n2cc(F)c(=O)[nH]c2=O)[C@H](O)[C@@H]1C. The number of nitrogens with one attached hydrogen (secondary N) is 1. The van der Waals surface area contributed by atoms with Gasteiger partial charge in [-0.3, -0.25) is 14.3 Å². The van der Waals surface area contributed by atoms with Crippen LogP contribution >= 0.6 is 0 Å². The molecule has 2 heterocycles. The van der Waals surface area contributed by atoms with Gasteiger partial charge in [-0.1, -0.05) is 19.9 Å². The van der Waals surface area contributed by atoms with Crippen LogP contribution in [0.4, 0.5) is 4.39 Å². The van der Waals surface area contributed by atoms with E-state index >= 15 is 0 Å². The van der Waals surface area contributed by atoms with E-state index in [-0.39, 0.29) is 5.92 Å². The molecule has 20 heavy (non-hydrogen) atoms. The lowest BCUT2D eigenvalue weighted by molar-refractivity contribution is -0.0725. The Labute approximate surface area is 114 Å². The summed E-state index contributed by atoms with van der Waals surface area (Å²) in [5.41, 5.74) is -2.73. The monoisotopic (exact) mass is 284 g/mol. The number of nitrogens with zero attached hydrogens (tertiary/aromatic N) is 1. The maximum Gasteiger partial charge on any atom is 0.330 e. The molecule has 1 aromatic heterocycles. The number of aromatic amines is 1. The molecule has 0 spiro atoms. The Morgan fingerprint density at radius 1 is 1.65 bits per heavy atom. The summed E-state index contributed by atoms with van der Waals surface area (Å²) in [6.45, 7) is 7.33. The fourth-order valence-electron chi connectivity index (χ4n) is 2.59. The van der Waals surface area contributed by atoms with Gasteiger partial charge in [0.25, 0.3) is 5.56 Å². The Bertz CT molecular complexity index is 638. The van der Waals surface area contributed by atoms with Gasteiger partial charge in [0.2, 0.25) is 5.82 Å². The van der Waals surface area contributed by atoms with Crippen LogP contribution in [0.1, 0.15) is 26.5 Å². The van der Waals surface area contributed by atoms with Crippen molar-refractivity contribution in [1.29, 1.82) is 0 Å². The number of hydrogen-bond donors (Lipinski definition) is 2. The van der Waals surface area contributed by atoms with Gasteiger partial charge in [0, 0.05) is 5.92 Å². The highest BCUT2D eigenvalue weighted by Crippen LogP contribution is 2.43. The summed E-state index contributed by atoms with van der Waals surface area (Å²) in [5.74, 6) is -1.43. The number of aromatic nitrogens is 2. The van der Waals surface area contributed by atoms with Crippen LogP contribution in [0.5, 0.6) is 0 Å². The van der Waals surface area contributed by atoms with Crippen molar-refractivity contribution >= 4 is 0 Å². The van der Waals surface area contributed by atoms with Crippen molar-refractivity contribution in [3.05, 3.63) is 45.5 Å². The van der Waals surface area contributed by atoms with Crippen LogP contribution in [0.25, 0.3) is 0 Å². The van der Waals surface area contributed by atoms with Crippen LogP contribution in [-0.2, 0) is 4.74 Å². The van der Waals surface area contributed by atoms with Crippen molar-refractivity contribution in [3.63, 3.8) is 0 Å². The van der Waals surface area contributed by atoms with Crippen LogP contribution in [0.2, 0.25) is 0 Å². The minimum absolute atomic E-state index is 0.322. The van der Waals surface area contributed by atoms with Gasteiger partial charge >= 0.3 is 5.69 Å². The van der Waals surface area contributed by atoms with Crippen LogP contribution in [0.15, 0.2) is 28.4 Å². The number of aliphatic hydroxyl groups is 1. The first kappa shape index (κ1) is 14.7. The molecule has 1 saturated heterocycles. The average molecular weight is 284 g/mol. The van der Waals surface area contributed by atoms with E-state index in [1.54, 1.807) is 13.0 Å². The van der Waals surface area contributed by atoms with Gasteiger partial charge in [0.1, 0.15) is 6.10 Å². The number of ether oxygens (including phenoxy) is 1. The van der Waals surface area contributed by atoms with E-state index in [4.69, 9.17) is 4.74 Å². The zero-order chi connectivity index (χ0) is 15.1. The zero-order valence-corrected chi connectivity index (χ0v) is 11.3. The van der Waals surface area contributed by atoms with E-state index in [0.29, 0.717) is 6.42 Å². The first-order valence-corrected chi connectivity index (χ1v) is 6.36. The molecule has 0 aromatic carbocycles. The maximum absolute atomic E-state index is 13.3. The summed E-state index contributed by atoms with van der Waals surface area (Å²) >= 11 is 0. The summed E-state index contributed by atoms with van der Waals surface area (Å²) < 4.78 is 19.9. The van der Waals surface area contributed by atoms with Crippen molar-refractivity contribution in [2.24, 2.45) is 5.92 Å². The molecule has 0 amide bonds. The second-order valence-electron chi connectivity index (χ2n) is 4.94. The predicted molar refractivity (Wildman–Crippen MR) is 69.8 cm³/mol. The number of rotatable bonds is 3. The Morgan fingerprint density at radius 3 is 2.80 bits per heavy atom. The number of aliphatic hydroxyl groups excluding tert-OH is 1. The number of hydrogen-bond acceptors (Lipinski definition) is 4. The standard InChI is InChI=1S/C13H17FN2O4/c1-4-13(5-2)7(3)9(17)11(20-13)16-6-8(14)10(18)15-12(16)19/h4,6-7,9,11,17H,1,5H2,2-3H3,(H,15,18,19)/t7-,9+,11+,13+/m0/s1. The maximum atomic E-state index is 13.3. The average Bonchev–Trinajstić information content (AvgIpc) is 2.68. The minimum Gasteiger partial charge on any atom is -0.388 e. The molecule has 6 nitrogen and oxygen atoms in total. The van der Waals surface area contributed by atoms with Crippen LogP contribution < -0.4 is 11.2 Å². The quantitative estimate of drug-likeness (QED) is 0.793. The normalized spacial score (nSPS) is 33.3. The number of H-pyrrole nitrogens is 1. The first-order chi connectivity index (χ1) is 9.36. The highest BCUT2D eigenvalue weighted by molar-refractivity contribution is 5.08. The van der Waals surface area contributed by atoms with Gasteiger partial charge < -0.3 is 9.84 Å². The molecule has 7 heteroatoms. The third kappa shape index (κ3) is 2.03. The summed E-state index contributed by atoms with van der Waals surface area (Å²) in [5, 5.41) is 10.2. The lowest BCUT2D eigenvalue weighted by atomic mass is 9.85. The highest BCUT2D eigenvalue weighted by Gasteiger charge is 2.50. The van der Waals surface area contributed by atoms with Gasteiger partial charge in [-0.25, -0.2) is 4.79 Å². The largest absolute Gasteiger partial charge is 0.388 e. The van der Waals surface area contributed by atoms with Crippen molar-refractivity contribution in [2.45, 2.75) is 38.2 Å². The molecule has 0 radical (unpaired) electrons. The molecule has 0 bridgehead atoms. The van der Waals surface area contributed by atoms with Crippen molar-refractivity contribution in [2.75, 3.05) is 0 Å². The van der Waals surface area contributed by atoms with E-state index in [9.17, 15) is 19.1 Å². The molecule has 0 aliphatic carbocycles. The van der Waals surface area contributed by atoms with Gasteiger partial charge in [0.05, 0.1) is 11.8 Å². The fourth-order valence-corrected chi connectivity index (χ4v) is 2.59. The minimum atomic E-state index is -1.11. The molecular weight excluding hydrogens is 267 g/mol. The molecule has 1 fully saturated rings. The van der Waals surface area contributed by atoms with Crippen LogP contribution in [-0.4, -0.2) is 26.4 Å². The summed E-state index contributed by atoms with van der Waals surface area (Å²) in [6.07, 6.45) is 0.786. The van der Waals surface area contributed by atoms with Crippen LogP contribution in [0, 0.1) is 11.7 Å². The summed E-state index contributed by atoms with van der Waals surface area (Å²) in [4.78, 5) is 24.6. The molecule has 1 aromatic rings. The molecule has 1 aliphatic rings. The lowest BCUT2D eigenvalue weighted by Crippen LogP contribution is -2.37. The van der Waals surface area contributed by atoms with Gasteiger partial charge in [0.15, 0.2) is 6.23 Å². The predicted octanol–water partition coefficient (Wildman–Crippen LogP) is 0.536. The number of halogens is 1. The zero-order valence-electron chi connectivity index (χ0n) is 11.3. The Balaban J connectivity index is 2.50. The van der Waals surface area contributed by atoms with E-state index in [1.165, 1.54) is 0 Å². The molecule has 110 valence electrons. The Hall–Kier alpha value is -1.73. The van der Waals surface area contributed by atoms with Gasteiger partial charge in [-0.2, -0.15) is 4.39 Å². The van der Waals surface area contributed by atoms with Gasteiger partial charge in [-0.05, 0) is 6.42 Å². The van der Waals surface area contributed by atoms with E-state index in [2.05, 4.69) is 6.58 Å². The third-order valence-electron chi connectivity index (χ3n) is 4.01. The van der Waals surface area contributed by atoms with Gasteiger partial charge in [-0.15, -0.1) is 6.58 Å². The topological polar surface area (TPSA) is 84.3 Å².